The first-order valence-corrected chi connectivity index (χ1v) is 5.82. The average molecular weight is 257 g/mol. The van der Waals surface area contributed by atoms with Gasteiger partial charge in [0.2, 0.25) is 0 Å². The molecule has 0 saturated carbocycles. The van der Waals surface area contributed by atoms with E-state index in [1.54, 1.807) is 30.3 Å². The molecule has 0 atom stereocenters. The highest BCUT2D eigenvalue weighted by atomic mass is 16.5. The van der Waals surface area contributed by atoms with Gasteiger partial charge in [-0.2, -0.15) is 0 Å². The number of benzene rings is 2. The molecule has 0 spiro atoms. The van der Waals surface area contributed by atoms with Crippen LogP contribution in [0.4, 0.5) is 5.69 Å². The molecule has 4 nitrogen and oxygen atoms in total. The number of esters is 1. The molecular formula is C15H15NO3. The molecule has 19 heavy (non-hydrogen) atoms. The maximum absolute atomic E-state index is 11.4. The van der Waals surface area contributed by atoms with Crippen molar-refractivity contribution in [3.05, 3.63) is 53.6 Å². The van der Waals surface area contributed by atoms with Gasteiger partial charge in [-0.25, -0.2) is 4.79 Å². The number of anilines is 1. The Kier molecular flexibility index (Phi) is 3.71. The summed E-state index contributed by atoms with van der Waals surface area (Å²) < 4.78 is 10.3. The van der Waals surface area contributed by atoms with E-state index in [2.05, 4.69) is 4.74 Å². The quantitative estimate of drug-likeness (QED) is 0.677. The number of aryl methyl sites for hydroxylation is 1. The molecule has 98 valence electrons. The zero-order valence-electron chi connectivity index (χ0n) is 10.8. The van der Waals surface area contributed by atoms with Gasteiger partial charge < -0.3 is 15.2 Å². The van der Waals surface area contributed by atoms with E-state index >= 15 is 0 Å². The van der Waals surface area contributed by atoms with Crippen LogP contribution in [0.15, 0.2) is 42.5 Å². The first kappa shape index (κ1) is 13.0. The maximum atomic E-state index is 11.4. The van der Waals surface area contributed by atoms with Gasteiger partial charge in [0, 0.05) is 0 Å². The minimum absolute atomic E-state index is 0.401. The topological polar surface area (TPSA) is 61.5 Å². The zero-order valence-corrected chi connectivity index (χ0v) is 10.8. The van der Waals surface area contributed by atoms with Crippen LogP contribution in [0.5, 0.6) is 11.5 Å². The molecule has 0 fully saturated rings. The molecule has 2 rings (SSSR count). The van der Waals surface area contributed by atoms with Crippen molar-refractivity contribution >= 4 is 11.7 Å². The number of ether oxygens (including phenoxy) is 2. The van der Waals surface area contributed by atoms with E-state index in [0.717, 1.165) is 5.56 Å². The van der Waals surface area contributed by atoms with Crippen LogP contribution >= 0.6 is 0 Å². The maximum Gasteiger partial charge on any atom is 0.337 e. The Balaban J connectivity index is 2.26. The van der Waals surface area contributed by atoms with Crippen LogP contribution in [0.1, 0.15) is 15.9 Å². The number of carbonyl (C=O) groups is 1. The van der Waals surface area contributed by atoms with E-state index in [1.807, 2.05) is 19.1 Å². The number of nitrogens with two attached hydrogens (primary N) is 1. The summed E-state index contributed by atoms with van der Waals surface area (Å²) in [7, 11) is 1.34. The van der Waals surface area contributed by atoms with Gasteiger partial charge in [0.05, 0.1) is 18.4 Å². The summed E-state index contributed by atoms with van der Waals surface area (Å²) >= 11 is 0. The van der Waals surface area contributed by atoms with Crippen LogP contribution in [-0.2, 0) is 4.74 Å². The largest absolute Gasteiger partial charge is 0.465 e. The monoisotopic (exact) mass is 257 g/mol. The molecule has 0 radical (unpaired) electrons. The molecule has 0 amide bonds. The van der Waals surface area contributed by atoms with E-state index in [4.69, 9.17) is 10.5 Å². The number of nitrogen functional groups attached to an aromatic ring is 1. The third-order valence-electron chi connectivity index (χ3n) is 2.65. The lowest BCUT2D eigenvalue weighted by Gasteiger charge is -2.09. The van der Waals surface area contributed by atoms with Crippen molar-refractivity contribution < 1.29 is 14.3 Å². The van der Waals surface area contributed by atoms with Gasteiger partial charge >= 0.3 is 5.97 Å². The molecule has 0 unspecified atom stereocenters. The Morgan fingerprint density at radius 3 is 2.63 bits per heavy atom. The van der Waals surface area contributed by atoms with E-state index in [-0.39, 0.29) is 0 Å². The second kappa shape index (κ2) is 5.44. The van der Waals surface area contributed by atoms with Crippen molar-refractivity contribution in [2.75, 3.05) is 12.8 Å². The summed E-state index contributed by atoms with van der Waals surface area (Å²) in [5, 5.41) is 0. The third kappa shape index (κ3) is 3.04. The predicted molar refractivity (Wildman–Crippen MR) is 73.4 cm³/mol. The van der Waals surface area contributed by atoms with Crippen molar-refractivity contribution in [2.24, 2.45) is 0 Å². The molecule has 0 saturated heterocycles. The minimum Gasteiger partial charge on any atom is -0.465 e. The zero-order chi connectivity index (χ0) is 13.8. The molecule has 0 aliphatic carbocycles. The van der Waals surface area contributed by atoms with Crippen LogP contribution in [0, 0.1) is 6.92 Å². The Hall–Kier alpha value is -2.49. The molecular weight excluding hydrogens is 242 g/mol. The minimum atomic E-state index is -0.401. The van der Waals surface area contributed by atoms with E-state index in [9.17, 15) is 4.79 Å². The molecule has 0 aliphatic rings. The van der Waals surface area contributed by atoms with Crippen molar-refractivity contribution in [1.29, 1.82) is 0 Å². The Bertz CT molecular complexity index is 608. The molecule has 0 bridgehead atoms. The Morgan fingerprint density at radius 1 is 1.16 bits per heavy atom. The standard InChI is InChI=1S/C15H15NO3/c1-10-6-7-14(13(16)8-10)19-12-5-3-4-11(9-12)15(17)18-2/h3-9H,16H2,1-2H3. The Morgan fingerprint density at radius 2 is 1.95 bits per heavy atom. The molecule has 2 aromatic carbocycles. The van der Waals surface area contributed by atoms with E-state index < -0.39 is 5.97 Å². The molecule has 2 N–H and O–H groups in total. The lowest BCUT2D eigenvalue weighted by molar-refractivity contribution is 0.0600. The molecule has 0 aliphatic heterocycles. The van der Waals surface area contributed by atoms with Gasteiger partial charge in [-0.1, -0.05) is 12.1 Å². The summed E-state index contributed by atoms with van der Waals surface area (Å²) in [6.07, 6.45) is 0. The molecule has 0 heterocycles. The fourth-order valence-corrected chi connectivity index (χ4v) is 1.69. The summed E-state index contributed by atoms with van der Waals surface area (Å²) in [5.41, 5.74) is 7.93. The molecule has 0 aromatic heterocycles. The van der Waals surface area contributed by atoms with Crippen molar-refractivity contribution in [2.45, 2.75) is 6.92 Å². The van der Waals surface area contributed by atoms with Gasteiger partial charge in [0.25, 0.3) is 0 Å². The first-order chi connectivity index (χ1) is 9.10. The average Bonchev–Trinajstić information content (AvgIpc) is 2.41. The molecule has 4 heteroatoms. The van der Waals surface area contributed by atoms with Crippen LogP contribution in [0.2, 0.25) is 0 Å². The fraction of sp³-hybridized carbons (Fsp3) is 0.133. The van der Waals surface area contributed by atoms with Crippen molar-refractivity contribution in [3.8, 4) is 11.5 Å². The summed E-state index contributed by atoms with van der Waals surface area (Å²) in [5.74, 6) is 0.702. The smallest absolute Gasteiger partial charge is 0.337 e. The normalized spacial score (nSPS) is 10.0. The highest BCUT2D eigenvalue weighted by Crippen LogP contribution is 2.28. The fourth-order valence-electron chi connectivity index (χ4n) is 1.69. The second-order valence-electron chi connectivity index (χ2n) is 4.16. The van der Waals surface area contributed by atoms with Gasteiger partial charge in [-0.15, -0.1) is 0 Å². The van der Waals surface area contributed by atoms with Gasteiger partial charge in [0.1, 0.15) is 11.5 Å². The Labute approximate surface area is 111 Å². The first-order valence-electron chi connectivity index (χ1n) is 5.82. The number of rotatable bonds is 3. The summed E-state index contributed by atoms with van der Waals surface area (Å²) in [6.45, 7) is 1.96. The summed E-state index contributed by atoms with van der Waals surface area (Å²) in [4.78, 5) is 11.4. The summed E-state index contributed by atoms with van der Waals surface area (Å²) in [6, 6.07) is 12.3. The number of hydrogen-bond donors (Lipinski definition) is 1. The van der Waals surface area contributed by atoms with Crippen LogP contribution in [-0.4, -0.2) is 13.1 Å². The van der Waals surface area contributed by atoms with Crippen LogP contribution in [0.3, 0.4) is 0 Å². The second-order valence-corrected chi connectivity index (χ2v) is 4.16. The number of hydrogen-bond acceptors (Lipinski definition) is 4. The predicted octanol–water partition coefficient (Wildman–Crippen LogP) is 3.16. The highest BCUT2D eigenvalue weighted by molar-refractivity contribution is 5.89. The van der Waals surface area contributed by atoms with E-state index in [1.165, 1.54) is 7.11 Å². The lowest BCUT2D eigenvalue weighted by Crippen LogP contribution is -2.01. The van der Waals surface area contributed by atoms with Gasteiger partial charge in [-0.3, -0.25) is 0 Å². The SMILES string of the molecule is COC(=O)c1cccc(Oc2ccc(C)cc2N)c1. The van der Waals surface area contributed by atoms with Crippen LogP contribution < -0.4 is 10.5 Å². The van der Waals surface area contributed by atoms with E-state index in [0.29, 0.717) is 22.7 Å². The van der Waals surface area contributed by atoms with Crippen LogP contribution in [0.25, 0.3) is 0 Å². The van der Waals surface area contributed by atoms with Gasteiger partial charge in [0.15, 0.2) is 0 Å². The van der Waals surface area contributed by atoms with Crippen molar-refractivity contribution in [1.82, 2.24) is 0 Å². The highest BCUT2D eigenvalue weighted by Gasteiger charge is 2.08. The van der Waals surface area contributed by atoms with Crippen molar-refractivity contribution in [3.63, 3.8) is 0 Å². The number of carbonyl (C=O) groups excluding carboxylic acids is 1. The lowest BCUT2D eigenvalue weighted by atomic mass is 10.2. The molecule has 2 aromatic rings. The van der Waals surface area contributed by atoms with Gasteiger partial charge in [-0.05, 0) is 42.8 Å². The third-order valence-corrected chi connectivity index (χ3v) is 2.65. The number of methoxy groups -OCH3 is 1.